The number of para-hydroxylation sites is 1. The molecule has 11 heteroatoms. The Morgan fingerprint density at radius 3 is 2.36 bits per heavy atom. The van der Waals surface area contributed by atoms with Crippen molar-refractivity contribution in [1.82, 2.24) is 35.4 Å². The lowest BCUT2D eigenvalue weighted by atomic mass is 9.95. The number of carbonyl (C=O) groups excluding carboxylic acids is 3. The van der Waals surface area contributed by atoms with Crippen molar-refractivity contribution in [3.05, 3.63) is 84.4 Å². The highest BCUT2D eigenvalue weighted by molar-refractivity contribution is 6.01. The molecule has 2 aliphatic rings. The molecule has 0 radical (unpaired) electrons. The quantitative estimate of drug-likeness (QED) is 0.256. The van der Waals surface area contributed by atoms with Crippen LogP contribution >= 0.6 is 0 Å². The van der Waals surface area contributed by atoms with Gasteiger partial charge in [0.25, 0.3) is 11.8 Å². The number of benzene rings is 2. The highest BCUT2D eigenvalue weighted by Crippen LogP contribution is 2.38. The zero-order valence-electron chi connectivity index (χ0n) is 25.0. The number of piperazine rings is 1. The number of likely N-dealkylation sites (tertiary alicyclic amines) is 2. The minimum atomic E-state index is -1.13. The summed E-state index contributed by atoms with van der Waals surface area (Å²) in [5.41, 5.74) is 1.92. The zero-order chi connectivity index (χ0) is 31.0. The Labute approximate surface area is 255 Å². The van der Waals surface area contributed by atoms with E-state index in [-0.39, 0.29) is 35.5 Å². The number of nitrogens with zero attached hydrogens (tertiary/aromatic N) is 5. The Kier molecular flexibility index (Phi) is 7.73. The van der Waals surface area contributed by atoms with Crippen LogP contribution in [0.3, 0.4) is 0 Å². The van der Waals surface area contributed by atoms with Gasteiger partial charge in [-0.25, -0.2) is 4.98 Å². The minimum absolute atomic E-state index is 0.0341. The van der Waals surface area contributed by atoms with Gasteiger partial charge in [0.05, 0.1) is 30.2 Å². The number of aromatic amines is 1. The second-order valence-corrected chi connectivity index (χ2v) is 11.5. The van der Waals surface area contributed by atoms with Crippen molar-refractivity contribution in [2.45, 2.75) is 44.1 Å². The van der Waals surface area contributed by atoms with Crippen LogP contribution in [0.4, 0.5) is 0 Å². The lowest BCUT2D eigenvalue weighted by Crippen LogP contribution is -2.66. The van der Waals surface area contributed by atoms with E-state index < -0.39 is 17.6 Å². The third kappa shape index (κ3) is 4.92. The summed E-state index contributed by atoms with van der Waals surface area (Å²) in [5.74, 6) is -0.857. The summed E-state index contributed by atoms with van der Waals surface area (Å²) in [6.45, 7) is 8.41. The minimum Gasteiger partial charge on any atom is -0.351 e. The van der Waals surface area contributed by atoms with Crippen LogP contribution in [0.1, 0.15) is 41.2 Å². The maximum absolute atomic E-state index is 14.3. The standard InChI is InChI=1S/C33H36N8O3/c1-5-33(34-3,35-4)29(39-30(42)24-15-22-13-9-10-14-23(22)38-24)32(44)41-19-27-20(2)28(41)18-40(27)31(43)26-17-36-25(16-37-26)21-11-7-6-8-12-21/h6-17,20,27-29,35,38H,3,5,18-19H2,1-2,4H3,(H,39,42). The molecule has 2 saturated heterocycles. The van der Waals surface area contributed by atoms with E-state index in [1.54, 1.807) is 29.1 Å². The summed E-state index contributed by atoms with van der Waals surface area (Å²) >= 11 is 0. The molecule has 226 valence electrons. The van der Waals surface area contributed by atoms with Crippen LogP contribution in [0.25, 0.3) is 22.2 Å². The van der Waals surface area contributed by atoms with Gasteiger partial charge in [0.15, 0.2) is 0 Å². The number of hydrogen-bond acceptors (Lipinski definition) is 7. The largest absolute Gasteiger partial charge is 0.351 e. The topological polar surface area (TPSA) is 136 Å². The monoisotopic (exact) mass is 592 g/mol. The molecule has 2 aromatic carbocycles. The van der Waals surface area contributed by atoms with Gasteiger partial charge < -0.3 is 20.1 Å². The molecule has 5 atom stereocenters. The molecule has 11 nitrogen and oxygen atoms in total. The SMILES string of the molecule is C=NC(CC)(NC)C(NC(=O)c1cc2ccccc2[nH]1)C(=O)N1CC2C(C)C1CN2C(=O)c1cnc(-c2ccccc2)cn1. The maximum atomic E-state index is 14.3. The number of carbonyl (C=O) groups is 3. The van der Waals surface area contributed by atoms with Crippen molar-refractivity contribution in [1.29, 1.82) is 0 Å². The van der Waals surface area contributed by atoms with Crippen molar-refractivity contribution in [3.8, 4) is 11.3 Å². The number of H-pyrrole nitrogens is 1. The summed E-state index contributed by atoms with van der Waals surface area (Å²) < 4.78 is 0. The van der Waals surface area contributed by atoms with Crippen LogP contribution in [0.5, 0.6) is 0 Å². The van der Waals surface area contributed by atoms with Crippen LogP contribution in [0, 0.1) is 5.92 Å². The summed E-state index contributed by atoms with van der Waals surface area (Å²) in [7, 11) is 1.71. The molecule has 0 spiro atoms. The molecule has 2 fully saturated rings. The molecular weight excluding hydrogens is 556 g/mol. The maximum Gasteiger partial charge on any atom is 0.274 e. The molecular formula is C33H36N8O3. The van der Waals surface area contributed by atoms with E-state index in [9.17, 15) is 14.4 Å². The van der Waals surface area contributed by atoms with Crippen LogP contribution in [0.15, 0.2) is 78.0 Å². The first-order valence-corrected chi connectivity index (χ1v) is 14.8. The summed E-state index contributed by atoms with van der Waals surface area (Å²) in [5, 5.41) is 7.00. The van der Waals surface area contributed by atoms with E-state index in [0.717, 1.165) is 16.5 Å². The smallest absolute Gasteiger partial charge is 0.274 e. The molecule has 6 rings (SSSR count). The van der Waals surface area contributed by atoms with E-state index in [1.807, 2.05) is 61.5 Å². The number of fused-ring (bicyclic) bond motifs is 3. The Morgan fingerprint density at radius 1 is 1.05 bits per heavy atom. The van der Waals surface area contributed by atoms with Crippen molar-refractivity contribution >= 4 is 35.3 Å². The molecule has 44 heavy (non-hydrogen) atoms. The van der Waals surface area contributed by atoms with Crippen molar-refractivity contribution < 1.29 is 14.4 Å². The van der Waals surface area contributed by atoms with Crippen LogP contribution in [-0.4, -0.2) is 93.1 Å². The lowest BCUT2D eigenvalue weighted by molar-refractivity contribution is -0.137. The molecule has 0 saturated carbocycles. The summed E-state index contributed by atoms with van der Waals surface area (Å²) in [6.07, 6.45) is 3.54. The Bertz CT molecular complexity index is 1670. The number of rotatable bonds is 9. The third-order valence-corrected chi connectivity index (χ3v) is 9.30. The molecule has 5 unspecified atom stereocenters. The normalized spacial score (nSPS) is 21.2. The number of aliphatic imine (C=N–C) groups is 1. The van der Waals surface area contributed by atoms with Crippen molar-refractivity contribution in [2.24, 2.45) is 10.9 Å². The Morgan fingerprint density at radius 2 is 1.75 bits per heavy atom. The second kappa shape index (κ2) is 11.6. The van der Waals surface area contributed by atoms with E-state index in [1.165, 1.54) is 6.20 Å². The molecule has 0 aliphatic carbocycles. The van der Waals surface area contributed by atoms with Gasteiger partial charge in [0, 0.05) is 35.5 Å². The number of nitrogens with one attached hydrogen (secondary N) is 3. The predicted octanol–water partition coefficient (Wildman–Crippen LogP) is 3.12. The molecule has 3 amide bonds. The van der Waals surface area contributed by atoms with Crippen molar-refractivity contribution in [3.63, 3.8) is 0 Å². The Hall–Kier alpha value is -4.90. The van der Waals surface area contributed by atoms with Gasteiger partial charge in [-0.15, -0.1) is 0 Å². The zero-order valence-corrected chi connectivity index (χ0v) is 25.0. The first kappa shape index (κ1) is 29.2. The van der Waals surface area contributed by atoms with Gasteiger partial charge in [0.2, 0.25) is 5.91 Å². The highest BCUT2D eigenvalue weighted by atomic mass is 16.2. The molecule has 2 aromatic heterocycles. The molecule has 4 aromatic rings. The molecule has 4 heterocycles. The summed E-state index contributed by atoms with van der Waals surface area (Å²) in [6, 6.07) is 17.6. The molecule has 3 N–H and O–H groups in total. The number of amides is 3. The van der Waals surface area contributed by atoms with Gasteiger partial charge >= 0.3 is 0 Å². The van der Waals surface area contributed by atoms with E-state index in [4.69, 9.17) is 0 Å². The second-order valence-electron chi connectivity index (χ2n) is 11.5. The van der Waals surface area contributed by atoms with Crippen molar-refractivity contribution in [2.75, 3.05) is 20.1 Å². The third-order valence-electron chi connectivity index (χ3n) is 9.30. The molecule has 2 aliphatic heterocycles. The number of hydrogen-bond donors (Lipinski definition) is 3. The van der Waals surface area contributed by atoms with Gasteiger partial charge in [-0.1, -0.05) is 62.4 Å². The van der Waals surface area contributed by atoms with Crippen LogP contribution in [-0.2, 0) is 4.79 Å². The average molecular weight is 593 g/mol. The van der Waals surface area contributed by atoms with E-state index >= 15 is 0 Å². The fourth-order valence-electron chi connectivity index (χ4n) is 6.62. The van der Waals surface area contributed by atoms with E-state index in [2.05, 4.69) is 44.2 Å². The molecule has 2 bridgehead atoms. The van der Waals surface area contributed by atoms with Gasteiger partial charge in [-0.3, -0.25) is 29.7 Å². The highest BCUT2D eigenvalue weighted by Gasteiger charge is 2.55. The average Bonchev–Trinajstić information content (AvgIpc) is 3.75. The van der Waals surface area contributed by atoms with Gasteiger partial charge in [0.1, 0.15) is 23.1 Å². The number of likely N-dealkylation sites (N-methyl/N-ethyl adjacent to an activating group) is 1. The van der Waals surface area contributed by atoms with E-state index in [0.29, 0.717) is 30.9 Å². The van der Waals surface area contributed by atoms with Crippen LogP contribution < -0.4 is 10.6 Å². The fraction of sp³-hybridized carbons (Fsp3) is 0.333. The van der Waals surface area contributed by atoms with Crippen LogP contribution in [0.2, 0.25) is 0 Å². The predicted molar refractivity (Wildman–Crippen MR) is 168 cm³/mol. The number of aromatic nitrogens is 3. The first-order valence-electron chi connectivity index (χ1n) is 14.8. The lowest BCUT2D eigenvalue weighted by Gasteiger charge is -2.41. The summed E-state index contributed by atoms with van der Waals surface area (Å²) in [4.78, 5) is 61.3. The Balaban J connectivity index is 1.21. The first-order chi connectivity index (χ1) is 21.3. The van der Waals surface area contributed by atoms with Gasteiger partial charge in [-0.05, 0) is 32.3 Å². The fourth-order valence-corrected chi connectivity index (χ4v) is 6.62. The van der Waals surface area contributed by atoms with Gasteiger partial charge in [-0.2, -0.15) is 0 Å².